The summed E-state index contributed by atoms with van der Waals surface area (Å²) in [4.78, 5) is 23.5. The van der Waals surface area contributed by atoms with Crippen LogP contribution >= 0.6 is 23.2 Å². The second kappa shape index (κ2) is 8.39. The van der Waals surface area contributed by atoms with Crippen LogP contribution in [0.3, 0.4) is 0 Å². The van der Waals surface area contributed by atoms with Crippen molar-refractivity contribution in [3.05, 3.63) is 0 Å². The van der Waals surface area contributed by atoms with E-state index in [1.165, 1.54) is 4.90 Å². The molecule has 0 saturated heterocycles. The maximum absolute atomic E-state index is 11.7. The van der Waals surface area contributed by atoms with E-state index in [2.05, 4.69) is 0 Å². The molecule has 0 aliphatic heterocycles. The zero-order valence-electron chi connectivity index (χ0n) is 10.3. The Morgan fingerprint density at radius 2 is 1.72 bits per heavy atom. The van der Waals surface area contributed by atoms with Crippen LogP contribution in [0.5, 0.6) is 0 Å². The molecule has 8 heteroatoms. The fourth-order valence-corrected chi connectivity index (χ4v) is 1.49. The first-order valence-corrected chi connectivity index (χ1v) is 6.29. The number of carbonyl (C=O) groups is 2. The zero-order chi connectivity index (χ0) is 14.3. The predicted octanol–water partition coefficient (Wildman–Crippen LogP) is 1.09. The molecule has 106 valence electrons. The van der Waals surface area contributed by atoms with Gasteiger partial charge in [-0.15, -0.1) is 23.2 Å². The number of hydrogen-bond acceptors (Lipinski definition) is 4. The number of hydrogen-bond donors (Lipinski definition) is 2. The van der Waals surface area contributed by atoms with Gasteiger partial charge in [0.25, 0.3) is 0 Å². The average molecular weight is 301 g/mol. The summed E-state index contributed by atoms with van der Waals surface area (Å²) in [6, 6.07) is -1.24. The van der Waals surface area contributed by atoms with Crippen LogP contribution in [-0.4, -0.2) is 58.6 Å². The smallest absolute Gasteiger partial charge is 0.409 e. The topological polar surface area (TPSA) is 92.9 Å². The quantitative estimate of drug-likeness (QED) is 0.687. The van der Waals surface area contributed by atoms with E-state index in [-0.39, 0.29) is 23.8 Å². The minimum Gasteiger partial charge on any atom is -0.480 e. The van der Waals surface area contributed by atoms with Crippen molar-refractivity contribution in [3.8, 4) is 0 Å². The van der Waals surface area contributed by atoms with Crippen molar-refractivity contribution in [2.45, 2.75) is 30.6 Å². The number of halogens is 2. The molecule has 2 unspecified atom stereocenters. The fourth-order valence-electron chi connectivity index (χ4n) is 1.15. The maximum Gasteiger partial charge on any atom is 0.409 e. The van der Waals surface area contributed by atoms with Crippen molar-refractivity contribution in [1.29, 1.82) is 0 Å². The fraction of sp³-hybridized carbons (Fsp3) is 0.800. The first kappa shape index (κ1) is 17.3. The normalized spacial score (nSPS) is 15.6. The van der Waals surface area contributed by atoms with Gasteiger partial charge in [0.2, 0.25) is 0 Å². The highest BCUT2D eigenvalue weighted by atomic mass is 35.5. The van der Waals surface area contributed by atoms with Crippen LogP contribution in [0.1, 0.15) is 13.8 Å². The third-order valence-electron chi connectivity index (χ3n) is 1.91. The maximum atomic E-state index is 11.7. The van der Waals surface area contributed by atoms with Crippen LogP contribution in [0, 0.1) is 0 Å². The Morgan fingerprint density at radius 3 is 2.06 bits per heavy atom. The van der Waals surface area contributed by atoms with E-state index in [4.69, 9.17) is 38.8 Å². The van der Waals surface area contributed by atoms with Gasteiger partial charge in [-0.25, -0.2) is 4.79 Å². The van der Waals surface area contributed by atoms with Crippen LogP contribution in [0.25, 0.3) is 0 Å². The number of ether oxygens (including phenoxy) is 1. The van der Waals surface area contributed by atoms with Gasteiger partial charge in [-0.2, -0.15) is 0 Å². The number of nitrogens with two attached hydrogens (primary N) is 1. The van der Waals surface area contributed by atoms with E-state index < -0.39 is 24.7 Å². The molecule has 1 amide bonds. The number of aliphatic carboxylic acids is 1. The van der Waals surface area contributed by atoms with Gasteiger partial charge >= 0.3 is 12.1 Å². The zero-order valence-corrected chi connectivity index (χ0v) is 11.8. The minimum absolute atomic E-state index is 0.263. The van der Waals surface area contributed by atoms with Gasteiger partial charge in [-0.3, -0.25) is 4.79 Å². The molecule has 0 aromatic rings. The monoisotopic (exact) mass is 300 g/mol. The Hall–Kier alpha value is -0.720. The second-order valence-corrected chi connectivity index (χ2v) is 5.48. The van der Waals surface area contributed by atoms with E-state index in [1.807, 2.05) is 0 Å². The number of alkyl halides is 2. The molecule has 3 atom stereocenters. The number of carboxylic acid groups (broad SMARTS) is 1. The molecule has 0 fully saturated rings. The number of carbonyl (C=O) groups excluding carboxylic acids is 1. The summed E-state index contributed by atoms with van der Waals surface area (Å²) in [5.74, 6) is -1.23. The van der Waals surface area contributed by atoms with Gasteiger partial charge in [0, 0.05) is 23.8 Å². The highest BCUT2D eigenvalue weighted by Gasteiger charge is 2.21. The lowest BCUT2D eigenvalue weighted by molar-refractivity contribution is -0.139. The Kier molecular flexibility index (Phi) is 8.06. The Labute approximate surface area is 116 Å². The van der Waals surface area contributed by atoms with Crippen molar-refractivity contribution in [2.24, 2.45) is 5.73 Å². The standard InChI is InChI=1S/C10H18Cl2N2O4/c1-6(11)3-14(4-7(2)12)10(17)18-5-8(13)9(15)16/h6-8H,3-5,13H2,1-2H3,(H,15,16)/t6?,7?,8-/m0/s1. The Morgan fingerprint density at radius 1 is 1.28 bits per heavy atom. The van der Waals surface area contributed by atoms with Gasteiger partial charge in [0.1, 0.15) is 12.6 Å². The van der Waals surface area contributed by atoms with Crippen LogP contribution in [0.2, 0.25) is 0 Å². The van der Waals surface area contributed by atoms with Crippen molar-refractivity contribution in [3.63, 3.8) is 0 Å². The molecule has 0 aliphatic carbocycles. The lowest BCUT2D eigenvalue weighted by atomic mass is 10.3. The summed E-state index contributed by atoms with van der Waals surface area (Å²) < 4.78 is 4.79. The number of amides is 1. The van der Waals surface area contributed by atoms with Gasteiger partial charge < -0.3 is 20.5 Å². The predicted molar refractivity (Wildman–Crippen MR) is 69.2 cm³/mol. The molecule has 0 aromatic carbocycles. The molecule has 0 radical (unpaired) electrons. The SMILES string of the molecule is CC(Cl)CN(CC(C)Cl)C(=O)OC[C@H](N)C(=O)O. The van der Waals surface area contributed by atoms with E-state index in [1.54, 1.807) is 13.8 Å². The van der Waals surface area contributed by atoms with Gasteiger partial charge in [0.15, 0.2) is 0 Å². The van der Waals surface area contributed by atoms with E-state index >= 15 is 0 Å². The largest absolute Gasteiger partial charge is 0.480 e. The Bertz CT molecular complexity index is 277. The third kappa shape index (κ3) is 7.58. The molecule has 0 saturated carbocycles. The molecular formula is C10H18Cl2N2O4. The highest BCUT2D eigenvalue weighted by Crippen LogP contribution is 2.06. The molecule has 6 nitrogen and oxygen atoms in total. The summed E-state index contributed by atoms with van der Waals surface area (Å²) in [5.41, 5.74) is 5.22. The number of nitrogens with zero attached hydrogens (tertiary/aromatic N) is 1. The summed E-state index contributed by atoms with van der Waals surface area (Å²) in [6.07, 6.45) is -0.674. The lowest BCUT2D eigenvalue weighted by Gasteiger charge is -2.24. The molecule has 0 aliphatic rings. The van der Waals surface area contributed by atoms with Crippen molar-refractivity contribution < 1.29 is 19.4 Å². The first-order valence-electron chi connectivity index (χ1n) is 5.42. The van der Waals surface area contributed by atoms with Gasteiger partial charge in [-0.1, -0.05) is 0 Å². The van der Waals surface area contributed by atoms with E-state index in [0.717, 1.165) is 0 Å². The molecular weight excluding hydrogens is 283 g/mol. The molecule has 3 N–H and O–H groups in total. The molecule has 0 bridgehead atoms. The van der Waals surface area contributed by atoms with Gasteiger partial charge in [-0.05, 0) is 13.8 Å². The summed E-state index contributed by atoms with van der Waals surface area (Å²) in [5, 5.41) is 8.03. The van der Waals surface area contributed by atoms with Crippen molar-refractivity contribution in [1.82, 2.24) is 4.90 Å². The van der Waals surface area contributed by atoms with E-state index in [9.17, 15) is 9.59 Å². The minimum atomic E-state index is -1.24. The third-order valence-corrected chi connectivity index (χ3v) is 2.18. The van der Waals surface area contributed by atoms with Crippen LogP contribution in [0.4, 0.5) is 4.79 Å². The number of carboxylic acids is 1. The van der Waals surface area contributed by atoms with E-state index in [0.29, 0.717) is 0 Å². The second-order valence-electron chi connectivity index (χ2n) is 3.99. The average Bonchev–Trinajstić information content (AvgIpc) is 2.22. The summed E-state index contributed by atoms with van der Waals surface area (Å²) in [7, 11) is 0. The molecule has 18 heavy (non-hydrogen) atoms. The lowest BCUT2D eigenvalue weighted by Crippen LogP contribution is -2.42. The number of rotatable bonds is 7. The molecule has 0 heterocycles. The molecule has 0 aromatic heterocycles. The van der Waals surface area contributed by atoms with Crippen molar-refractivity contribution in [2.75, 3.05) is 19.7 Å². The van der Waals surface area contributed by atoms with Crippen LogP contribution in [0.15, 0.2) is 0 Å². The molecule has 0 spiro atoms. The summed E-state index contributed by atoms with van der Waals surface area (Å²) >= 11 is 11.6. The summed E-state index contributed by atoms with van der Waals surface area (Å²) in [6.45, 7) is 3.59. The van der Waals surface area contributed by atoms with Crippen LogP contribution < -0.4 is 5.73 Å². The Balaban J connectivity index is 4.32. The highest BCUT2D eigenvalue weighted by molar-refractivity contribution is 6.21. The van der Waals surface area contributed by atoms with Gasteiger partial charge in [0.05, 0.1) is 0 Å². The van der Waals surface area contributed by atoms with Crippen LogP contribution in [-0.2, 0) is 9.53 Å². The first-order chi connectivity index (χ1) is 8.23. The molecule has 0 rings (SSSR count). The van der Waals surface area contributed by atoms with Crippen molar-refractivity contribution >= 4 is 35.3 Å².